The molecule has 0 spiro atoms. The molecule has 36 heavy (non-hydrogen) atoms. The van der Waals surface area contributed by atoms with E-state index in [9.17, 15) is 14.4 Å². The zero-order valence-corrected chi connectivity index (χ0v) is 20.6. The van der Waals surface area contributed by atoms with Crippen LogP contribution in [-0.4, -0.2) is 57.9 Å². The molecule has 3 rings (SSSR count). The first kappa shape index (κ1) is 26.6. The van der Waals surface area contributed by atoms with E-state index in [1.54, 1.807) is 36.6 Å². The Labute approximate surface area is 209 Å². The van der Waals surface area contributed by atoms with Crippen LogP contribution in [0.15, 0.2) is 54.7 Å². The molecule has 0 bridgehead atoms. The molecule has 0 aliphatic carbocycles. The average molecular weight is 497 g/mol. The van der Waals surface area contributed by atoms with Gasteiger partial charge in [0.05, 0.1) is 36.2 Å². The molecule has 0 unspecified atom stereocenters. The maximum absolute atomic E-state index is 12.8. The SMILES string of the molecule is CN(CC(N)=O)C(=O)OCc1cccc2cnc([C@@H](COCc3ccccc3)NC(=O)C(C)(C)N)n12. The summed E-state index contributed by atoms with van der Waals surface area (Å²) in [7, 11) is 1.42. The highest BCUT2D eigenvalue weighted by molar-refractivity contribution is 5.85. The van der Waals surface area contributed by atoms with E-state index in [4.69, 9.17) is 20.9 Å². The number of nitrogens with two attached hydrogens (primary N) is 2. The third-order valence-corrected chi connectivity index (χ3v) is 5.31. The molecule has 0 fully saturated rings. The molecule has 1 atom stereocenters. The van der Waals surface area contributed by atoms with Gasteiger partial charge < -0.3 is 31.2 Å². The van der Waals surface area contributed by atoms with Crippen LogP contribution in [0, 0.1) is 0 Å². The third-order valence-electron chi connectivity index (χ3n) is 5.31. The number of likely N-dealkylation sites (N-methyl/N-ethyl adjacent to an activating group) is 1. The molecule has 3 aromatic rings. The molecule has 0 radical (unpaired) electrons. The fraction of sp³-hybridized carbons (Fsp3) is 0.360. The molecule has 2 aromatic heterocycles. The summed E-state index contributed by atoms with van der Waals surface area (Å²) in [6.07, 6.45) is 0.956. The number of hydrogen-bond donors (Lipinski definition) is 3. The monoisotopic (exact) mass is 496 g/mol. The largest absolute Gasteiger partial charge is 0.443 e. The number of fused-ring (bicyclic) bond motifs is 1. The van der Waals surface area contributed by atoms with Crippen molar-refractivity contribution < 1.29 is 23.9 Å². The van der Waals surface area contributed by atoms with Crippen molar-refractivity contribution in [2.24, 2.45) is 11.5 Å². The number of hydrogen-bond acceptors (Lipinski definition) is 7. The van der Waals surface area contributed by atoms with E-state index >= 15 is 0 Å². The molecule has 0 aliphatic rings. The lowest BCUT2D eigenvalue weighted by atomic mass is 10.1. The van der Waals surface area contributed by atoms with Crippen LogP contribution in [0.4, 0.5) is 4.79 Å². The van der Waals surface area contributed by atoms with Gasteiger partial charge >= 0.3 is 6.09 Å². The zero-order chi connectivity index (χ0) is 26.3. The molecule has 0 aliphatic heterocycles. The normalized spacial score (nSPS) is 12.2. The lowest BCUT2D eigenvalue weighted by Crippen LogP contribution is -2.51. The summed E-state index contributed by atoms with van der Waals surface area (Å²) < 4.78 is 13.1. The van der Waals surface area contributed by atoms with Crippen molar-refractivity contribution in [2.75, 3.05) is 20.2 Å². The molecule has 11 heteroatoms. The van der Waals surface area contributed by atoms with E-state index in [1.165, 1.54) is 7.05 Å². The number of imidazole rings is 1. The Kier molecular flexibility index (Phi) is 8.62. The molecule has 5 N–H and O–H groups in total. The van der Waals surface area contributed by atoms with E-state index in [0.29, 0.717) is 18.1 Å². The Morgan fingerprint density at radius 1 is 1.11 bits per heavy atom. The van der Waals surface area contributed by atoms with Gasteiger partial charge in [-0.25, -0.2) is 9.78 Å². The minimum Gasteiger partial charge on any atom is -0.443 e. The van der Waals surface area contributed by atoms with Gasteiger partial charge in [0.15, 0.2) is 0 Å². The molecular weight excluding hydrogens is 464 g/mol. The number of ether oxygens (including phenoxy) is 2. The highest BCUT2D eigenvalue weighted by atomic mass is 16.6. The van der Waals surface area contributed by atoms with Crippen molar-refractivity contribution in [3.05, 3.63) is 71.8 Å². The molecule has 0 saturated carbocycles. The van der Waals surface area contributed by atoms with Crippen LogP contribution in [0.2, 0.25) is 0 Å². The molecule has 1 aromatic carbocycles. The topological polar surface area (TPSA) is 154 Å². The minimum absolute atomic E-state index is 0.101. The van der Waals surface area contributed by atoms with Crippen LogP contribution in [0.1, 0.15) is 37.0 Å². The number of nitrogens with one attached hydrogen (secondary N) is 1. The fourth-order valence-corrected chi connectivity index (χ4v) is 3.44. The minimum atomic E-state index is -1.12. The summed E-state index contributed by atoms with van der Waals surface area (Å²) in [5.74, 6) is -0.525. The summed E-state index contributed by atoms with van der Waals surface area (Å²) in [6.45, 7) is 3.34. The van der Waals surface area contributed by atoms with Gasteiger partial charge in [0.25, 0.3) is 0 Å². The lowest BCUT2D eigenvalue weighted by molar-refractivity contribution is -0.126. The number of aromatic nitrogens is 2. The first-order valence-corrected chi connectivity index (χ1v) is 11.4. The number of primary amides is 1. The molecule has 2 heterocycles. The summed E-state index contributed by atoms with van der Waals surface area (Å²) in [4.78, 5) is 41.7. The summed E-state index contributed by atoms with van der Waals surface area (Å²) in [6, 6.07) is 14.4. The predicted molar refractivity (Wildman–Crippen MR) is 132 cm³/mol. The second kappa shape index (κ2) is 11.6. The number of pyridine rings is 1. The molecular formula is C25H32N6O5. The van der Waals surface area contributed by atoms with Gasteiger partial charge in [-0.05, 0) is 31.5 Å². The lowest BCUT2D eigenvalue weighted by Gasteiger charge is -2.24. The van der Waals surface area contributed by atoms with Crippen molar-refractivity contribution >= 4 is 23.4 Å². The van der Waals surface area contributed by atoms with E-state index in [-0.39, 0.29) is 25.7 Å². The van der Waals surface area contributed by atoms with Crippen LogP contribution >= 0.6 is 0 Å². The second-order valence-corrected chi connectivity index (χ2v) is 9.02. The number of amides is 3. The van der Waals surface area contributed by atoms with Crippen molar-refractivity contribution in [3.63, 3.8) is 0 Å². The Balaban J connectivity index is 1.85. The van der Waals surface area contributed by atoms with Crippen LogP contribution in [0.3, 0.4) is 0 Å². The van der Waals surface area contributed by atoms with Gasteiger partial charge in [0.1, 0.15) is 25.0 Å². The van der Waals surface area contributed by atoms with Crippen molar-refractivity contribution in [1.29, 1.82) is 0 Å². The van der Waals surface area contributed by atoms with E-state index in [0.717, 1.165) is 16.0 Å². The first-order valence-electron chi connectivity index (χ1n) is 11.4. The molecule has 192 valence electrons. The van der Waals surface area contributed by atoms with Gasteiger partial charge in [-0.15, -0.1) is 0 Å². The molecule has 3 amide bonds. The summed E-state index contributed by atoms with van der Waals surface area (Å²) in [5.41, 5.74) is 12.4. The third kappa shape index (κ3) is 7.03. The number of benzene rings is 1. The van der Waals surface area contributed by atoms with Crippen molar-refractivity contribution in [2.45, 2.75) is 38.6 Å². The number of rotatable bonds is 11. The summed E-state index contributed by atoms with van der Waals surface area (Å²) in [5, 5.41) is 2.93. The first-order chi connectivity index (χ1) is 17.1. The van der Waals surface area contributed by atoms with Crippen LogP contribution in [0.5, 0.6) is 0 Å². The Hall–Kier alpha value is -3.96. The number of nitrogens with zero attached hydrogens (tertiary/aromatic N) is 3. The standard InChI is InChI=1S/C25H32N6O5/c1-25(2,27)23(33)29-20(16-35-14-17-8-5-4-6-9-17)22-28-12-18-10-7-11-19(31(18)22)15-36-24(34)30(3)13-21(26)32/h4-12,20H,13-16,27H2,1-3H3,(H2,26,32)(H,29,33)/t20-/m1/s1. The Morgan fingerprint density at radius 2 is 1.83 bits per heavy atom. The van der Waals surface area contributed by atoms with Crippen LogP contribution in [0.25, 0.3) is 5.52 Å². The summed E-state index contributed by atoms with van der Waals surface area (Å²) >= 11 is 0. The van der Waals surface area contributed by atoms with Crippen molar-refractivity contribution in [1.82, 2.24) is 19.6 Å². The zero-order valence-electron chi connectivity index (χ0n) is 20.6. The molecule has 0 saturated heterocycles. The highest BCUT2D eigenvalue weighted by Crippen LogP contribution is 2.20. The predicted octanol–water partition coefficient (Wildman–Crippen LogP) is 1.50. The quantitative estimate of drug-likeness (QED) is 0.363. The van der Waals surface area contributed by atoms with Gasteiger partial charge in [-0.1, -0.05) is 36.4 Å². The van der Waals surface area contributed by atoms with Crippen LogP contribution < -0.4 is 16.8 Å². The average Bonchev–Trinajstić information content (AvgIpc) is 3.26. The maximum atomic E-state index is 12.8. The Morgan fingerprint density at radius 3 is 2.50 bits per heavy atom. The maximum Gasteiger partial charge on any atom is 0.410 e. The van der Waals surface area contributed by atoms with E-state index in [2.05, 4.69) is 10.3 Å². The van der Waals surface area contributed by atoms with Gasteiger partial charge in [0, 0.05) is 7.05 Å². The highest BCUT2D eigenvalue weighted by Gasteiger charge is 2.28. The van der Waals surface area contributed by atoms with E-state index < -0.39 is 23.6 Å². The van der Waals surface area contributed by atoms with E-state index in [1.807, 2.05) is 36.4 Å². The molecule has 11 nitrogen and oxygen atoms in total. The van der Waals surface area contributed by atoms with Crippen molar-refractivity contribution in [3.8, 4) is 0 Å². The second-order valence-electron chi connectivity index (χ2n) is 9.02. The Bertz CT molecular complexity index is 1200. The number of carbonyl (C=O) groups excluding carboxylic acids is 3. The smallest absolute Gasteiger partial charge is 0.410 e. The van der Waals surface area contributed by atoms with Gasteiger partial charge in [-0.2, -0.15) is 0 Å². The van der Waals surface area contributed by atoms with Gasteiger partial charge in [0.2, 0.25) is 11.8 Å². The van der Waals surface area contributed by atoms with Crippen LogP contribution in [-0.2, 0) is 32.3 Å². The fourth-order valence-electron chi connectivity index (χ4n) is 3.44. The van der Waals surface area contributed by atoms with Gasteiger partial charge in [-0.3, -0.25) is 14.0 Å². The number of carbonyl (C=O) groups is 3.